The third kappa shape index (κ3) is 5.46. The zero-order chi connectivity index (χ0) is 27.6. The minimum absolute atomic E-state index is 0.0771. The number of imide groups is 1. The number of amides is 3. The monoisotopic (exact) mass is 553 g/mol. The predicted molar refractivity (Wildman–Crippen MR) is 146 cm³/mol. The Balaban J connectivity index is 1.50. The van der Waals surface area contributed by atoms with Gasteiger partial charge in [0.15, 0.2) is 0 Å². The lowest BCUT2D eigenvalue weighted by molar-refractivity contribution is -0.127. The Labute approximate surface area is 228 Å². The van der Waals surface area contributed by atoms with Crippen LogP contribution in [0.25, 0.3) is 11.8 Å². The molecule has 11 heteroatoms. The molecule has 38 heavy (non-hydrogen) atoms. The highest BCUT2D eigenvalue weighted by atomic mass is 35.5. The van der Waals surface area contributed by atoms with Crippen LogP contribution in [0, 0.1) is 13.8 Å². The number of nitrogens with one attached hydrogen (secondary N) is 1. The summed E-state index contributed by atoms with van der Waals surface area (Å²) in [6.45, 7) is 3.39. The molecule has 1 N–H and O–H groups in total. The summed E-state index contributed by atoms with van der Waals surface area (Å²) in [7, 11) is 2.82. The number of aromatic nitrogens is 1. The van der Waals surface area contributed by atoms with E-state index in [4.69, 9.17) is 16.3 Å². The van der Waals surface area contributed by atoms with Crippen LogP contribution in [-0.4, -0.2) is 53.3 Å². The van der Waals surface area contributed by atoms with Gasteiger partial charge in [0.1, 0.15) is 12.3 Å². The molecule has 1 aliphatic heterocycles. The first-order valence-corrected chi connectivity index (χ1v) is 12.6. The molecule has 1 fully saturated rings. The van der Waals surface area contributed by atoms with Crippen molar-refractivity contribution in [3.05, 3.63) is 81.0 Å². The number of anilines is 1. The van der Waals surface area contributed by atoms with Crippen molar-refractivity contribution in [3.63, 3.8) is 0 Å². The average Bonchev–Trinajstić information content (AvgIpc) is 3.33. The van der Waals surface area contributed by atoms with Crippen LogP contribution >= 0.6 is 23.4 Å². The lowest BCUT2D eigenvalue weighted by atomic mass is 10.2. The van der Waals surface area contributed by atoms with E-state index in [0.29, 0.717) is 0 Å². The number of carbonyl (C=O) groups excluding carboxylic acids is 4. The number of rotatable bonds is 7. The van der Waals surface area contributed by atoms with Crippen molar-refractivity contribution in [3.8, 4) is 11.4 Å². The van der Waals surface area contributed by atoms with Crippen LogP contribution in [0.4, 0.5) is 10.5 Å². The topological polar surface area (TPSA) is 107 Å². The molecule has 3 amide bonds. The molecule has 1 saturated heterocycles. The van der Waals surface area contributed by atoms with Gasteiger partial charge in [0.25, 0.3) is 11.1 Å². The third-order valence-corrected chi connectivity index (χ3v) is 7.16. The predicted octanol–water partition coefficient (Wildman–Crippen LogP) is 5.22. The second kappa shape index (κ2) is 11.2. The number of ether oxygens (including phenoxy) is 2. The standard InChI is InChI=1S/C27H24ClN3O6S/c1-15-11-17(16(2)31(15)19-6-8-20(36-3)9-7-19)12-23-25(33)30(27(35)38-23)14-24(32)29-18-5-10-22(28)21(13-18)26(34)37-4/h5-13H,14H2,1-4H3,(H,29,32)/b23-12-. The third-order valence-electron chi connectivity index (χ3n) is 5.92. The Morgan fingerprint density at radius 3 is 2.42 bits per heavy atom. The normalized spacial score (nSPS) is 14.2. The SMILES string of the molecule is COC(=O)c1cc(NC(=O)CN2C(=O)S/C(=C\c3cc(C)n(-c4ccc(OC)cc4)c3C)C2=O)ccc1Cl. The van der Waals surface area contributed by atoms with Gasteiger partial charge in [-0.3, -0.25) is 19.3 Å². The van der Waals surface area contributed by atoms with E-state index < -0.39 is 29.6 Å². The summed E-state index contributed by atoms with van der Waals surface area (Å²) in [6.07, 6.45) is 1.66. The van der Waals surface area contributed by atoms with E-state index in [0.717, 1.165) is 45.1 Å². The van der Waals surface area contributed by atoms with Gasteiger partial charge in [0.2, 0.25) is 5.91 Å². The number of nitrogens with zero attached hydrogens (tertiary/aromatic N) is 2. The smallest absolute Gasteiger partial charge is 0.339 e. The molecule has 3 aromatic rings. The molecule has 1 aliphatic rings. The summed E-state index contributed by atoms with van der Waals surface area (Å²) < 4.78 is 11.9. The van der Waals surface area contributed by atoms with Crippen molar-refractivity contribution in [1.82, 2.24) is 9.47 Å². The molecule has 196 valence electrons. The van der Waals surface area contributed by atoms with Crippen LogP contribution in [0.1, 0.15) is 27.3 Å². The fourth-order valence-electron chi connectivity index (χ4n) is 4.05. The summed E-state index contributed by atoms with van der Waals surface area (Å²) in [4.78, 5) is 51.2. The molecule has 2 aromatic carbocycles. The summed E-state index contributed by atoms with van der Waals surface area (Å²) in [5, 5.41) is 2.19. The molecule has 2 heterocycles. The first kappa shape index (κ1) is 27.0. The van der Waals surface area contributed by atoms with Crippen LogP contribution in [0.2, 0.25) is 5.02 Å². The van der Waals surface area contributed by atoms with Crippen molar-refractivity contribution >= 4 is 58.1 Å². The zero-order valence-electron chi connectivity index (χ0n) is 21.0. The fraction of sp³-hybridized carbons (Fsp3) is 0.185. The molecule has 0 bridgehead atoms. The maximum atomic E-state index is 13.0. The molecule has 4 rings (SSSR count). The first-order valence-electron chi connectivity index (χ1n) is 11.4. The first-order chi connectivity index (χ1) is 18.1. The van der Waals surface area contributed by atoms with Gasteiger partial charge in [0, 0.05) is 22.8 Å². The summed E-state index contributed by atoms with van der Waals surface area (Å²) in [5.41, 5.74) is 3.90. The van der Waals surface area contributed by atoms with E-state index in [-0.39, 0.29) is 21.2 Å². The number of aryl methyl sites for hydroxylation is 1. The number of carbonyl (C=O) groups is 4. The van der Waals surface area contributed by atoms with E-state index in [1.165, 1.54) is 25.3 Å². The van der Waals surface area contributed by atoms with Gasteiger partial charge in [-0.25, -0.2) is 4.79 Å². The molecule has 0 radical (unpaired) electrons. The van der Waals surface area contributed by atoms with Crippen molar-refractivity contribution in [2.24, 2.45) is 0 Å². The summed E-state index contributed by atoms with van der Waals surface area (Å²) in [6, 6.07) is 13.8. The zero-order valence-corrected chi connectivity index (χ0v) is 22.6. The summed E-state index contributed by atoms with van der Waals surface area (Å²) in [5.74, 6) is -1.08. The minimum atomic E-state index is -0.659. The Kier molecular flexibility index (Phi) is 7.94. The molecular formula is C27H24ClN3O6S. The lowest BCUT2D eigenvalue weighted by Crippen LogP contribution is -2.36. The van der Waals surface area contributed by atoms with E-state index in [1.807, 2.05) is 48.7 Å². The summed E-state index contributed by atoms with van der Waals surface area (Å²) >= 11 is 6.78. The van der Waals surface area contributed by atoms with Crippen LogP contribution in [0.5, 0.6) is 5.75 Å². The molecule has 0 atom stereocenters. The highest BCUT2D eigenvalue weighted by molar-refractivity contribution is 8.18. The second-order valence-electron chi connectivity index (χ2n) is 8.36. The van der Waals surface area contributed by atoms with E-state index in [9.17, 15) is 19.2 Å². The average molecular weight is 554 g/mol. The molecule has 0 spiro atoms. The number of hydrogen-bond acceptors (Lipinski definition) is 7. The lowest BCUT2D eigenvalue weighted by Gasteiger charge is -2.13. The number of hydrogen-bond donors (Lipinski definition) is 1. The number of thioether (sulfide) groups is 1. The fourth-order valence-corrected chi connectivity index (χ4v) is 5.08. The number of esters is 1. The quantitative estimate of drug-likeness (QED) is 0.316. The Morgan fingerprint density at radius 2 is 1.76 bits per heavy atom. The van der Waals surface area contributed by atoms with Gasteiger partial charge >= 0.3 is 5.97 Å². The van der Waals surface area contributed by atoms with Gasteiger partial charge in [-0.05, 0) is 85.8 Å². The minimum Gasteiger partial charge on any atom is -0.497 e. The number of halogens is 1. The Hall–Kier alpha value is -4.02. The van der Waals surface area contributed by atoms with Crippen LogP contribution in [0.15, 0.2) is 53.4 Å². The maximum Gasteiger partial charge on any atom is 0.339 e. The van der Waals surface area contributed by atoms with Gasteiger partial charge in [-0.2, -0.15) is 0 Å². The van der Waals surface area contributed by atoms with Gasteiger partial charge in [0.05, 0.1) is 29.7 Å². The molecule has 0 saturated carbocycles. The Bertz CT molecular complexity index is 1480. The van der Waals surface area contributed by atoms with Crippen LogP contribution in [0.3, 0.4) is 0 Å². The molecule has 1 aromatic heterocycles. The van der Waals surface area contributed by atoms with Crippen molar-refractivity contribution in [2.45, 2.75) is 13.8 Å². The Morgan fingerprint density at radius 1 is 1.05 bits per heavy atom. The molecular weight excluding hydrogens is 530 g/mol. The number of methoxy groups -OCH3 is 2. The van der Waals surface area contributed by atoms with Gasteiger partial charge in [-0.15, -0.1) is 0 Å². The van der Waals surface area contributed by atoms with E-state index in [1.54, 1.807) is 13.2 Å². The van der Waals surface area contributed by atoms with Crippen molar-refractivity contribution < 1.29 is 28.7 Å². The molecule has 0 unspecified atom stereocenters. The largest absolute Gasteiger partial charge is 0.497 e. The highest BCUT2D eigenvalue weighted by Gasteiger charge is 2.36. The highest BCUT2D eigenvalue weighted by Crippen LogP contribution is 2.34. The van der Waals surface area contributed by atoms with Gasteiger partial charge in [-0.1, -0.05) is 11.6 Å². The van der Waals surface area contributed by atoms with Crippen LogP contribution in [-0.2, 0) is 14.3 Å². The van der Waals surface area contributed by atoms with E-state index >= 15 is 0 Å². The van der Waals surface area contributed by atoms with E-state index in [2.05, 4.69) is 10.1 Å². The van der Waals surface area contributed by atoms with Gasteiger partial charge < -0.3 is 19.4 Å². The van der Waals surface area contributed by atoms with Crippen LogP contribution < -0.4 is 10.1 Å². The maximum absolute atomic E-state index is 13.0. The molecule has 9 nitrogen and oxygen atoms in total. The number of benzene rings is 2. The molecule has 0 aliphatic carbocycles. The van der Waals surface area contributed by atoms with Crippen molar-refractivity contribution in [1.29, 1.82) is 0 Å². The second-order valence-corrected chi connectivity index (χ2v) is 9.76. The van der Waals surface area contributed by atoms with Crippen molar-refractivity contribution in [2.75, 3.05) is 26.1 Å².